The number of carbonyl (C=O) groups is 1. The summed E-state index contributed by atoms with van der Waals surface area (Å²) in [4.78, 5) is 14.1. The lowest BCUT2D eigenvalue weighted by Crippen LogP contribution is -2.53. The molecule has 17 heteroatoms. The summed E-state index contributed by atoms with van der Waals surface area (Å²) >= 11 is 0. The molecule has 0 aromatic heterocycles. The van der Waals surface area contributed by atoms with Gasteiger partial charge in [-0.1, -0.05) is 18.2 Å². The number of rotatable bonds is 5. The van der Waals surface area contributed by atoms with Gasteiger partial charge in [0, 0.05) is 17.7 Å². The lowest BCUT2D eigenvalue weighted by Gasteiger charge is -2.43. The SMILES string of the molecule is NS(=O)(=O)c1ccc(C(=O)N2CC[C@]3(S(=O)(=O)c4ccc(F)cc4)c4ccc(C(F)(C(F)(F)F)C(F)(F)F)cc4CC[C@H]23)cc1. The second kappa shape index (κ2) is 10.5. The third-order valence-corrected chi connectivity index (χ3v) is 11.8. The van der Waals surface area contributed by atoms with Gasteiger partial charge in [-0.25, -0.2) is 30.8 Å². The number of alkyl halides is 7. The summed E-state index contributed by atoms with van der Waals surface area (Å²) in [6, 6.07) is 8.06. The lowest BCUT2D eigenvalue weighted by molar-refractivity contribution is -0.348. The maximum absolute atomic E-state index is 15.0. The lowest BCUT2D eigenvalue weighted by atomic mass is 9.76. The maximum Gasteiger partial charge on any atom is 0.435 e. The number of hydrogen-bond acceptors (Lipinski definition) is 5. The summed E-state index contributed by atoms with van der Waals surface area (Å²) in [7, 11) is -8.78. The number of nitrogens with zero attached hydrogens (tertiary/aromatic N) is 1. The van der Waals surface area contributed by atoms with Crippen molar-refractivity contribution in [1.29, 1.82) is 0 Å². The summed E-state index contributed by atoms with van der Waals surface area (Å²) < 4.78 is 160. The van der Waals surface area contributed by atoms with Gasteiger partial charge in [-0.15, -0.1) is 0 Å². The van der Waals surface area contributed by atoms with E-state index >= 15 is 0 Å². The van der Waals surface area contributed by atoms with E-state index in [1.807, 2.05) is 0 Å². The predicted octanol–water partition coefficient (Wildman–Crippen LogP) is 5.29. The minimum Gasteiger partial charge on any atom is -0.334 e. The summed E-state index contributed by atoms with van der Waals surface area (Å²) in [5.74, 6) is -1.53. The summed E-state index contributed by atoms with van der Waals surface area (Å²) in [5.41, 5.74) is -8.11. The molecular weight excluding hydrogens is 660 g/mol. The van der Waals surface area contributed by atoms with Gasteiger partial charge in [0.1, 0.15) is 10.6 Å². The van der Waals surface area contributed by atoms with Gasteiger partial charge >= 0.3 is 18.0 Å². The highest BCUT2D eigenvalue weighted by Crippen LogP contribution is 2.56. The third kappa shape index (κ3) is 4.99. The van der Waals surface area contributed by atoms with Crippen molar-refractivity contribution in [3.63, 3.8) is 0 Å². The van der Waals surface area contributed by atoms with Gasteiger partial charge in [-0.3, -0.25) is 4.79 Å². The molecule has 1 amide bonds. The van der Waals surface area contributed by atoms with Crippen molar-refractivity contribution < 1.29 is 56.8 Å². The van der Waals surface area contributed by atoms with Gasteiger partial charge in [0.25, 0.3) is 5.91 Å². The Morgan fingerprint density at radius 1 is 0.822 bits per heavy atom. The highest BCUT2D eigenvalue weighted by molar-refractivity contribution is 7.92. The number of fused-ring (bicyclic) bond motifs is 3. The second-order valence-corrected chi connectivity index (χ2v) is 14.5. The van der Waals surface area contributed by atoms with Gasteiger partial charge in [-0.05, 0) is 78.9 Å². The molecule has 0 bridgehead atoms. The molecule has 2 N–H and O–H groups in total. The number of amides is 1. The van der Waals surface area contributed by atoms with Crippen LogP contribution in [-0.2, 0) is 36.7 Å². The molecule has 1 aliphatic heterocycles. The van der Waals surface area contributed by atoms with Crippen molar-refractivity contribution >= 4 is 25.8 Å². The number of sulfonamides is 1. The van der Waals surface area contributed by atoms with E-state index < -0.39 is 70.9 Å². The third-order valence-electron chi connectivity index (χ3n) is 8.36. The van der Waals surface area contributed by atoms with Gasteiger partial charge in [-0.2, -0.15) is 26.3 Å². The van der Waals surface area contributed by atoms with Crippen molar-refractivity contribution in [2.45, 2.75) is 57.9 Å². The van der Waals surface area contributed by atoms with E-state index in [0.29, 0.717) is 12.1 Å². The molecule has 1 heterocycles. The fourth-order valence-corrected chi connectivity index (χ4v) is 9.13. The van der Waals surface area contributed by atoms with E-state index in [1.165, 1.54) is 4.90 Å². The van der Waals surface area contributed by atoms with Crippen molar-refractivity contribution in [2.24, 2.45) is 5.14 Å². The van der Waals surface area contributed by atoms with E-state index in [9.17, 15) is 56.8 Å². The first-order chi connectivity index (χ1) is 20.7. The van der Waals surface area contributed by atoms with Crippen LogP contribution in [0.25, 0.3) is 0 Å². The van der Waals surface area contributed by atoms with Crippen molar-refractivity contribution in [3.8, 4) is 0 Å². The fraction of sp³-hybridized carbons (Fsp3) is 0.321. The Balaban J connectivity index is 1.68. The molecule has 2 aliphatic rings. The Bertz CT molecular complexity index is 1860. The van der Waals surface area contributed by atoms with Crippen molar-refractivity contribution in [1.82, 2.24) is 4.90 Å². The Morgan fingerprint density at radius 2 is 1.38 bits per heavy atom. The van der Waals surface area contributed by atoms with Gasteiger partial charge in [0.15, 0.2) is 9.84 Å². The Labute approximate surface area is 251 Å². The number of primary sulfonamides is 1. The van der Waals surface area contributed by atoms with Crippen LogP contribution in [-0.4, -0.2) is 52.6 Å². The molecule has 3 aromatic rings. The van der Waals surface area contributed by atoms with Crippen LogP contribution in [0.3, 0.4) is 0 Å². The largest absolute Gasteiger partial charge is 0.435 e. The van der Waals surface area contributed by atoms with Crippen molar-refractivity contribution in [3.05, 3.63) is 94.8 Å². The van der Waals surface area contributed by atoms with Crippen LogP contribution in [0.5, 0.6) is 0 Å². The molecule has 2 atom stereocenters. The van der Waals surface area contributed by atoms with Gasteiger partial charge < -0.3 is 4.90 Å². The molecule has 1 fully saturated rings. The van der Waals surface area contributed by atoms with Gasteiger partial charge in [0.05, 0.1) is 15.8 Å². The number of nitrogens with two attached hydrogens (primary N) is 1. The zero-order valence-electron chi connectivity index (χ0n) is 22.7. The van der Waals surface area contributed by atoms with Crippen LogP contribution < -0.4 is 5.14 Å². The molecule has 0 unspecified atom stereocenters. The molecular formula is C28H22F8N2O5S2. The molecule has 3 aromatic carbocycles. The zero-order valence-corrected chi connectivity index (χ0v) is 24.3. The number of likely N-dealkylation sites (tertiary alicyclic amines) is 1. The van der Waals surface area contributed by atoms with Crippen LogP contribution in [0.15, 0.2) is 76.5 Å². The number of halogens is 8. The topological polar surface area (TPSA) is 115 Å². The van der Waals surface area contributed by atoms with E-state index in [-0.39, 0.29) is 53.5 Å². The van der Waals surface area contributed by atoms with Crippen LogP contribution in [0.4, 0.5) is 35.1 Å². The molecule has 0 spiro atoms. The second-order valence-electron chi connectivity index (χ2n) is 10.7. The van der Waals surface area contributed by atoms with Crippen molar-refractivity contribution in [2.75, 3.05) is 6.54 Å². The number of benzene rings is 3. The Hall–Kier alpha value is -3.57. The number of aryl methyl sites for hydroxylation is 1. The van der Waals surface area contributed by atoms with Crippen LogP contribution in [0.2, 0.25) is 0 Å². The molecule has 0 radical (unpaired) electrons. The Morgan fingerprint density at radius 3 is 1.91 bits per heavy atom. The number of hydrogen-bond donors (Lipinski definition) is 1. The van der Waals surface area contributed by atoms with E-state index in [1.54, 1.807) is 0 Å². The number of carbonyl (C=O) groups excluding carboxylic acids is 1. The normalized spacial score (nSPS) is 20.9. The molecule has 1 aliphatic carbocycles. The first-order valence-electron chi connectivity index (χ1n) is 13.1. The van der Waals surface area contributed by atoms with Crippen LogP contribution in [0, 0.1) is 5.82 Å². The van der Waals surface area contributed by atoms with Crippen LogP contribution in [0.1, 0.15) is 39.9 Å². The Kier molecular flexibility index (Phi) is 7.64. The first-order valence-corrected chi connectivity index (χ1v) is 16.1. The van der Waals surface area contributed by atoms with Crippen LogP contribution >= 0.6 is 0 Å². The van der Waals surface area contributed by atoms with E-state index in [4.69, 9.17) is 5.14 Å². The highest BCUT2D eigenvalue weighted by Gasteiger charge is 2.73. The molecule has 1 saturated heterocycles. The average Bonchev–Trinajstić information content (AvgIpc) is 3.36. The van der Waals surface area contributed by atoms with E-state index in [2.05, 4.69) is 0 Å². The first kappa shape index (κ1) is 32.8. The monoisotopic (exact) mass is 682 g/mol. The average molecular weight is 683 g/mol. The summed E-state index contributed by atoms with van der Waals surface area (Å²) in [6.45, 7) is -0.250. The fourth-order valence-electron chi connectivity index (χ4n) is 6.25. The minimum atomic E-state index is -6.40. The molecule has 7 nitrogen and oxygen atoms in total. The van der Waals surface area contributed by atoms with E-state index in [0.717, 1.165) is 48.5 Å². The summed E-state index contributed by atoms with van der Waals surface area (Å²) in [6.07, 6.45) is -13.8. The zero-order chi connectivity index (χ0) is 33.4. The number of sulfone groups is 1. The quantitative estimate of drug-likeness (QED) is 0.290. The summed E-state index contributed by atoms with van der Waals surface area (Å²) in [5, 5.41) is 5.09. The predicted molar refractivity (Wildman–Crippen MR) is 142 cm³/mol. The highest BCUT2D eigenvalue weighted by atomic mass is 32.2. The maximum atomic E-state index is 15.0. The molecule has 45 heavy (non-hydrogen) atoms. The molecule has 5 rings (SSSR count). The minimum absolute atomic E-state index is 0.0592. The smallest absolute Gasteiger partial charge is 0.334 e. The molecule has 0 saturated carbocycles. The standard InChI is InChI=1S/C28H22F8N2O5S2/c29-19-5-9-20(10-6-19)44(40,41)25-13-14-38(24(39)16-1-7-21(8-2-16)45(37,42)43)23(25)12-3-17-15-18(4-11-22(17)25)26(30,27(31,32)33)28(34,35)36/h1-2,4-11,15,23H,3,12-14H2,(H2,37,42,43)/t23-,25-/m0/s1. The van der Waals surface area contributed by atoms with Gasteiger partial charge in [0.2, 0.25) is 10.0 Å². The molecule has 242 valence electrons.